The Morgan fingerprint density at radius 1 is 1.21 bits per heavy atom. The summed E-state index contributed by atoms with van der Waals surface area (Å²) in [7, 11) is 0. The highest BCUT2D eigenvalue weighted by Crippen LogP contribution is 2.24. The molecule has 1 amide bonds. The second-order valence-corrected chi connectivity index (χ2v) is 6.46. The summed E-state index contributed by atoms with van der Waals surface area (Å²) in [5.41, 5.74) is 2.31. The lowest BCUT2D eigenvalue weighted by molar-refractivity contribution is 0.0954. The molecular weight excluding hydrogens is 347 g/mol. The van der Waals surface area contributed by atoms with Crippen molar-refractivity contribution in [2.45, 2.75) is 6.42 Å². The lowest BCUT2D eigenvalue weighted by Gasteiger charge is -2.04. The van der Waals surface area contributed by atoms with E-state index in [4.69, 9.17) is 11.6 Å². The molecule has 0 bridgehead atoms. The Bertz CT molecular complexity index is 848. The zero-order valence-corrected chi connectivity index (χ0v) is 14.2. The van der Waals surface area contributed by atoms with Crippen molar-refractivity contribution in [1.82, 2.24) is 10.3 Å². The maximum Gasteiger partial charge on any atom is 0.251 e. The van der Waals surface area contributed by atoms with Crippen molar-refractivity contribution in [2.75, 3.05) is 6.54 Å². The predicted octanol–water partition coefficient (Wildman–Crippen LogP) is 4.58. The fourth-order valence-corrected chi connectivity index (χ4v) is 3.23. The molecule has 1 heterocycles. The van der Waals surface area contributed by atoms with Gasteiger partial charge in [0.2, 0.25) is 0 Å². The standard InChI is InChI=1S/C18H14ClFN2OS/c19-14-3-1-2-13(10-14)17(23)21-9-8-16-11-24-18(22-16)12-4-6-15(20)7-5-12/h1-7,10-11H,8-9H2,(H,21,23). The van der Waals surface area contributed by atoms with Gasteiger partial charge in [0.05, 0.1) is 5.69 Å². The van der Waals surface area contributed by atoms with E-state index in [0.717, 1.165) is 16.3 Å². The van der Waals surface area contributed by atoms with Crippen LogP contribution in [-0.4, -0.2) is 17.4 Å². The Hall–Kier alpha value is -2.24. The first kappa shape index (κ1) is 16.6. The first-order chi connectivity index (χ1) is 11.6. The van der Waals surface area contributed by atoms with Crippen molar-refractivity contribution in [1.29, 1.82) is 0 Å². The third kappa shape index (κ3) is 4.19. The number of hydrogen-bond acceptors (Lipinski definition) is 3. The summed E-state index contributed by atoms with van der Waals surface area (Å²) < 4.78 is 12.9. The van der Waals surface area contributed by atoms with Crippen LogP contribution in [0, 0.1) is 5.82 Å². The van der Waals surface area contributed by atoms with Crippen molar-refractivity contribution in [3.05, 3.63) is 76.0 Å². The zero-order valence-electron chi connectivity index (χ0n) is 12.6. The third-order valence-corrected chi connectivity index (χ3v) is 4.57. The molecule has 0 aliphatic heterocycles. The van der Waals surface area contributed by atoms with Crippen molar-refractivity contribution < 1.29 is 9.18 Å². The molecule has 0 atom stereocenters. The number of nitrogens with one attached hydrogen (secondary N) is 1. The van der Waals surface area contributed by atoms with E-state index in [1.54, 1.807) is 36.4 Å². The van der Waals surface area contributed by atoms with Gasteiger partial charge >= 0.3 is 0 Å². The van der Waals surface area contributed by atoms with Crippen LogP contribution in [0.5, 0.6) is 0 Å². The van der Waals surface area contributed by atoms with Crippen LogP contribution in [0.2, 0.25) is 5.02 Å². The normalized spacial score (nSPS) is 10.6. The van der Waals surface area contributed by atoms with Crippen LogP contribution in [0.1, 0.15) is 16.1 Å². The minimum atomic E-state index is -0.265. The summed E-state index contributed by atoms with van der Waals surface area (Å²) in [5, 5.41) is 6.17. The number of aromatic nitrogens is 1. The van der Waals surface area contributed by atoms with Gasteiger partial charge in [-0.25, -0.2) is 9.37 Å². The van der Waals surface area contributed by atoms with E-state index in [1.807, 2.05) is 5.38 Å². The van der Waals surface area contributed by atoms with Crippen LogP contribution >= 0.6 is 22.9 Å². The highest BCUT2D eigenvalue weighted by molar-refractivity contribution is 7.13. The van der Waals surface area contributed by atoms with E-state index in [2.05, 4.69) is 10.3 Å². The minimum absolute atomic E-state index is 0.161. The zero-order chi connectivity index (χ0) is 16.9. The van der Waals surface area contributed by atoms with Gasteiger partial charge in [0.25, 0.3) is 5.91 Å². The van der Waals surface area contributed by atoms with E-state index in [9.17, 15) is 9.18 Å². The van der Waals surface area contributed by atoms with Crippen LogP contribution < -0.4 is 5.32 Å². The molecule has 6 heteroatoms. The number of thiazole rings is 1. The van der Waals surface area contributed by atoms with Crippen molar-refractivity contribution >= 4 is 28.8 Å². The molecule has 122 valence electrons. The van der Waals surface area contributed by atoms with Gasteiger partial charge in [0.15, 0.2) is 0 Å². The molecule has 1 aromatic heterocycles. The highest BCUT2D eigenvalue weighted by Gasteiger charge is 2.08. The van der Waals surface area contributed by atoms with Crippen LogP contribution in [0.3, 0.4) is 0 Å². The fourth-order valence-electron chi connectivity index (χ4n) is 2.18. The number of carbonyl (C=O) groups excluding carboxylic acids is 1. The molecule has 24 heavy (non-hydrogen) atoms. The first-order valence-electron chi connectivity index (χ1n) is 7.36. The summed E-state index contributed by atoms with van der Waals surface area (Å²) >= 11 is 7.38. The molecule has 0 saturated carbocycles. The maximum atomic E-state index is 12.9. The summed E-state index contributed by atoms with van der Waals surface area (Å²) in [6.07, 6.45) is 0.629. The monoisotopic (exact) mass is 360 g/mol. The molecule has 0 aliphatic rings. The lowest BCUT2D eigenvalue weighted by atomic mass is 10.2. The van der Waals surface area contributed by atoms with E-state index >= 15 is 0 Å². The Kier molecular flexibility index (Phi) is 5.23. The molecule has 0 spiro atoms. The molecule has 0 unspecified atom stereocenters. The number of benzene rings is 2. The van der Waals surface area contributed by atoms with Gasteiger partial charge in [-0.3, -0.25) is 4.79 Å². The van der Waals surface area contributed by atoms with Gasteiger partial charge in [-0.15, -0.1) is 11.3 Å². The minimum Gasteiger partial charge on any atom is -0.352 e. The Balaban J connectivity index is 1.56. The second kappa shape index (κ2) is 7.55. The summed E-state index contributed by atoms with van der Waals surface area (Å²) in [6, 6.07) is 13.1. The number of halogens is 2. The molecule has 3 nitrogen and oxygen atoms in total. The average Bonchev–Trinajstić information content (AvgIpc) is 3.04. The molecule has 3 rings (SSSR count). The fraction of sp³-hybridized carbons (Fsp3) is 0.111. The molecule has 0 saturated heterocycles. The molecule has 0 radical (unpaired) electrons. The predicted molar refractivity (Wildman–Crippen MR) is 95.0 cm³/mol. The van der Waals surface area contributed by atoms with E-state index in [0.29, 0.717) is 23.6 Å². The Morgan fingerprint density at radius 2 is 2.00 bits per heavy atom. The van der Waals surface area contributed by atoms with E-state index in [-0.39, 0.29) is 11.7 Å². The second-order valence-electron chi connectivity index (χ2n) is 5.17. The van der Waals surface area contributed by atoms with E-state index in [1.165, 1.54) is 23.5 Å². The quantitative estimate of drug-likeness (QED) is 0.723. The van der Waals surface area contributed by atoms with Crippen molar-refractivity contribution in [3.63, 3.8) is 0 Å². The lowest BCUT2D eigenvalue weighted by Crippen LogP contribution is -2.25. The van der Waals surface area contributed by atoms with Gasteiger partial charge in [-0.2, -0.15) is 0 Å². The highest BCUT2D eigenvalue weighted by atomic mass is 35.5. The van der Waals surface area contributed by atoms with Crippen LogP contribution in [0.25, 0.3) is 10.6 Å². The average molecular weight is 361 g/mol. The van der Waals surface area contributed by atoms with Gasteiger partial charge < -0.3 is 5.32 Å². The molecular formula is C18H14ClFN2OS. The Labute approximate surface area is 148 Å². The summed E-state index contributed by atoms with van der Waals surface area (Å²) in [5.74, 6) is -0.425. The molecule has 1 N–H and O–H groups in total. The van der Waals surface area contributed by atoms with Crippen LogP contribution in [0.15, 0.2) is 53.9 Å². The van der Waals surface area contributed by atoms with Crippen LogP contribution in [-0.2, 0) is 6.42 Å². The van der Waals surface area contributed by atoms with Gasteiger partial charge in [0, 0.05) is 34.5 Å². The molecule has 0 fully saturated rings. The van der Waals surface area contributed by atoms with Gasteiger partial charge in [-0.05, 0) is 42.5 Å². The summed E-state index contributed by atoms with van der Waals surface area (Å²) in [6.45, 7) is 0.484. The smallest absolute Gasteiger partial charge is 0.251 e. The van der Waals surface area contributed by atoms with Gasteiger partial charge in [-0.1, -0.05) is 17.7 Å². The van der Waals surface area contributed by atoms with Crippen molar-refractivity contribution in [2.24, 2.45) is 0 Å². The van der Waals surface area contributed by atoms with Crippen LogP contribution in [0.4, 0.5) is 4.39 Å². The molecule has 2 aromatic carbocycles. The third-order valence-electron chi connectivity index (χ3n) is 3.40. The number of carbonyl (C=O) groups is 1. The number of nitrogens with zero attached hydrogens (tertiary/aromatic N) is 1. The van der Waals surface area contributed by atoms with E-state index < -0.39 is 0 Å². The SMILES string of the molecule is O=C(NCCc1csc(-c2ccc(F)cc2)n1)c1cccc(Cl)c1. The number of rotatable bonds is 5. The number of hydrogen-bond donors (Lipinski definition) is 1. The summed E-state index contributed by atoms with van der Waals surface area (Å²) in [4.78, 5) is 16.5. The first-order valence-corrected chi connectivity index (χ1v) is 8.62. The molecule has 0 aliphatic carbocycles. The topological polar surface area (TPSA) is 42.0 Å². The maximum absolute atomic E-state index is 12.9. The molecule has 3 aromatic rings. The van der Waals surface area contributed by atoms with Gasteiger partial charge in [0.1, 0.15) is 10.8 Å². The Morgan fingerprint density at radius 3 is 2.75 bits per heavy atom. The number of amides is 1. The largest absolute Gasteiger partial charge is 0.352 e. The van der Waals surface area contributed by atoms with Crippen molar-refractivity contribution in [3.8, 4) is 10.6 Å².